The van der Waals surface area contributed by atoms with Crippen LogP contribution in [0.4, 0.5) is 0 Å². The van der Waals surface area contributed by atoms with Crippen molar-refractivity contribution in [2.75, 3.05) is 39.8 Å². The molecule has 19 heavy (non-hydrogen) atoms. The van der Waals surface area contributed by atoms with Gasteiger partial charge in [-0.25, -0.2) is 0 Å². The van der Waals surface area contributed by atoms with Crippen molar-refractivity contribution in [1.29, 1.82) is 0 Å². The molecule has 2 heterocycles. The van der Waals surface area contributed by atoms with Crippen LogP contribution in [0.3, 0.4) is 0 Å². The van der Waals surface area contributed by atoms with E-state index in [0.717, 1.165) is 12.1 Å². The molecule has 2 rings (SSSR count). The minimum atomic E-state index is 0.546. The van der Waals surface area contributed by atoms with Gasteiger partial charge in [-0.15, -0.1) is 0 Å². The molecule has 3 nitrogen and oxygen atoms in total. The topological polar surface area (TPSA) is 18.5 Å². The molecule has 1 atom stereocenters. The highest BCUT2D eigenvalue weighted by atomic mass is 15.2. The first kappa shape index (κ1) is 15.3. The standard InChI is InChI=1S/C16H33N3/c1-5-16(12-17-4)8-11-19(13-16)15-6-9-18(10-7-15)14(2)3/h14-15,17H,5-13H2,1-4H3. The van der Waals surface area contributed by atoms with Gasteiger partial charge in [0.1, 0.15) is 0 Å². The van der Waals surface area contributed by atoms with Crippen LogP contribution in [0.1, 0.15) is 46.5 Å². The van der Waals surface area contributed by atoms with Crippen molar-refractivity contribution >= 4 is 0 Å². The highest BCUT2D eigenvalue weighted by Crippen LogP contribution is 2.35. The molecule has 2 aliphatic heterocycles. The van der Waals surface area contributed by atoms with Gasteiger partial charge in [0.05, 0.1) is 0 Å². The number of nitrogens with zero attached hydrogens (tertiary/aromatic N) is 2. The van der Waals surface area contributed by atoms with Crippen LogP contribution in [0.5, 0.6) is 0 Å². The van der Waals surface area contributed by atoms with Crippen LogP contribution in [0.2, 0.25) is 0 Å². The fourth-order valence-electron chi connectivity index (χ4n) is 3.98. The van der Waals surface area contributed by atoms with Crippen molar-refractivity contribution in [1.82, 2.24) is 15.1 Å². The summed E-state index contributed by atoms with van der Waals surface area (Å²) in [6.07, 6.45) is 5.44. The van der Waals surface area contributed by atoms with Crippen LogP contribution in [0.15, 0.2) is 0 Å². The highest BCUT2D eigenvalue weighted by Gasteiger charge is 2.39. The molecule has 0 radical (unpaired) electrons. The predicted octanol–water partition coefficient (Wildman–Crippen LogP) is 2.18. The summed E-state index contributed by atoms with van der Waals surface area (Å²) in [5.41, 5.74) is 0.546. The predicted molar refractivity (Wildman–Crippen MR) is 82.6 cm³/mol. The second-order valence-corrected chi connectivity index (χ2v) is 6.97. The van der Waals surface area contributed by atoms with Crippen LogP contribution < -0.4 is 5.32 Å². The average molecular weight is 267 g/mol. The van der Waals surface area contributed by atoms with Gasteiger partial charge in [-0.2, -0.15) is 0 Å². The largest absolute Gasteiger partial charge is 0.319 e. The number of nitrogens with one attached hydrogen (secondary N) is 1. The lowest BCUT2D eigenvalue weighted by Gasteiger charge is -2.39. The van der Waals surface area contributed by atoms with E-state index >= 15 is 0 Å². The highest BCUT2D eigenvalue weighted by molar-refractivity contribution is 4.94. The molecule has 1 N–H and O–H groups in total. The Morgan fingerprint density at radius 2 is 1.89 bits per heavy atom. The zero-order valence-electron chi connectivity index (χ0n) is 13.4. The molecule has 3 heteroatoms. The molecule has 0 aromatic rings. The van der Waals surface area contributed by atoms with E-state index in [2.05, 4.69) is 42.9 Å². The molecule has 0 amide bonds. The minimum Gasteiger partial charge on any atom is -0.319 e. The summed E-state index contributed by atoms with van der Waals surface area (Å²) < 4.78 is 0. The Balaban J connectivity index is 1.85. The molecule has 0 aromatic carbocycles. The molecule has 0 spiro atoms. The van der Waals surface area contributed by atoms with Gasteiger partial charge in [0, 0.05) is 25.2 Å². The van der Waals surface area contributed by atoms with Crippen molar-refractivity contribution in [3.8, 4) is 0 Å². The fraction of sp³-hybridized carbons (Fsp3) is 1.00. The SMILES string of the molecule is CCC1(CNC)CCN(C2CCN(C(C)C)CC2)C1. The van der Waals surface area contributed by atoms with Crippen LogP contribution >= 0.6 is 0 Å². The Hall–Kier alpha value is -0.120. The van der Waals surface area contributed by atoms with Crippen LogP contribution in [0.25, 0.3) is 0 Å². The summed E-state index contributed by atoms with van der Waals surface area (Å²) in [6, 6.07) is 1.57. The maximum Gasteiger partial charge on any atom is 0.0120 e. The number of rotatable bonds is 5. The van der Waals surface area contributed by atoms with Crippen molar-refractivity contribution < 1.29 is 0 Å². The van der Waals surface area contributed by atoms with Crippen molar-refractivity contribution in [2.45, 2.75) is 58.5 Å². The van der Waals surface area contributed by atoms with E-state index in [1.807, 2.05) is 0 Å². The number of hydrogen-bond acceptors (Lipinski definition) is 3. The Morgan fingerprint density at radius 3 is 2.42 bits per heavy atom. The lowest BCUT2D eigenvalue weighted by molar-refractivity contribution is 0.0977. The summed E-state index contributed by atoms with van der Waals surface area (Å²) in [6.45, 7) is 13.4. The quantitative estimate of drug-likeness (QED) is 0.824. The van der Waals surface area contributed by atoms with Gasteiger partial charge >= 0.3 is 0 Å². The van der Waals surface area contributed by atoms with Gasteiger partial charge in [0.2, 0.25) is 0 Å². The van der Waals surface area contributed by atoms with Crippen LogP contribution in [-0.2, 0) is 0 Å². The third-order valence-corrected chi connectivity index (χ3v) is 5.52. The van der Waals surface area contributed by atoms with Crippen LogP contribution in [-0.4, -0.2) is 61.7 Å². The van der Waals surface area contributed by atoms with Gasteiger partial charge in [0.25, 0.3) is 0 Å². The van der Waals surface area contributed by atoms with Gasteiger partial charge in [0.15, 0.2) is 0 Å². The Bertz CT molecular complexity index is 271. The van der Waals surface area contributed by atoms with Crippen molar-refractivity contribution in [3.63, 3.8) is 0 Å². The molecule has 0 saturated carbocycles. The molecule has 2 fully saturated rings. The minimum absolute atomic E-state index is 0.546. The summed E-state index contributed by atoms with van der Waals surface area (Å²) in [7, 11) is 2.10. The number of likely N-dealkylation sites (tertiary alicyclic amines) is 2. The van der Waals surface area contributed by atoms with E-state index in [0.29, 0.717) is 5.41 Å². The molecule has 0 aliphatic carbocycles. The maximum atomic E-state index is 3.41. The Kier molecular flexibility index (Phi) is 5.27. The molecular formula is C16H33N3. The molecule has 2 aliphatic rings. The lowest BCUT2D eigenvalue weighted by atomic mass is 9.84. The van der Waals surface area contributed by atoms with Crippen molar-refractivity contribution in [3.05, 3.63) is 0 Å². The van der Waals surface area contributed by atoms with Gasteiger partial charge in [-0.1, -0.05) is 6.92 Å². The van der Waals surface area contributed by atoms with Gasteiger partial charge in [-0.3, -0.25) is 4.90 Å². The lowest BCUT2D eigenvalue weighted by Crippen LogP contribution is -2.47. The van der Waals surface area contributed by atoms with Gasteiger partial charge < -0.3 is 10.2 Å². The molecule has 1 unspecified atom stereocenters. The van der Waals surface area contributed by atoms with E-state index in [1.165, 1.54) is 58.4 Å². The van der Waals surface area contributed by atoms with E-state index < -0.39 is 0 Å². The second kappa shape index (κ2) is 6.55. The summed E-state index contributed by atoms with van der Waals surface area (Å²) in [5.74, 6) is 0. The van der Waals surface area contributed by atoms with E-state index in [-0.39, 0.29) is 0 Å². The second-order valence-electron chi connectivity index (χ2n) is 6.97. The zero-order valence-corrected chi connectivity index (χ0v) is 13.4. The molecule has 0 aromatic heterocycles. The normalized spacial score (nSPS) is 31.4. The number of piperidine rings is 1. The fourth-order valence-corrected chi connectivity index (χ4v) is 3.98. The summed E-state index contributed by atoms with van der Waals surface area (Å²) in [5, 5.41) is 3.41. The third-order valence-electron chi connectivity index (χ3n) is 5.52. The third kappa shape index (κ3) is 3.50. The zero-order chi connectivity index (χ0) is 13.9. The first-order valence-electron chi connectivity index (χ1n) is 8.23. The van der Waals surface area contributed by atoms with Gasteiger partial charge in [-0.05, 0) is 71.6 Å². The first-order chi connectivity index (χ1) is 9.10. The Labute approximate surface area is 119 Å². The molecule has 2 saturated heterocycles. The van der Waals surface area contributed by atoms with E-state index in [1.54, 1.807) is 0 Å². The number of hydrogen-bond donors (Lipinski definition) is 1. The first-order valence-corrected chi connectivity index (χ1v) is 8.23. The Morgan fingerprint density at radius 1 is 1.21 bits per heavy atom. The average Bonchev–Trinajstić information content (AvgIpc) is 2.84. The molecular weight excluding hydrogens is 234 g/mol. The molecule has 112 valence electrons. The monoisotopic (exact) mass is 267 g/mol. The smallest absolute Gasteiger partial charge is 0.0120 e. The van der Waals surface area contributed by atoms with Crippen LogP contribution in [0, 0.1) is 5.41 Å². The molecule has 0 bridgehead atoms. The van der Waals surface area contributed by atoms with Crippen molar-refractivity contribution in [2.24, 2.45) is 5.41 Å². The van der Waals surface area contributed by atoms with E-state index in [9.17, 15) is 0 Å². The summed E-state index contributed by atoms with van der Waals surface area (Å²) >= 11 is 0. The maximum absolute atomic E-state index is 3.41. The van der Waals surface area contributed by atoms with E-state index in [4.69, 9.17) is 0 Å². The summed E-state index contributed by atoms with van der Waals surface area (Å²) in [4.78, 5) is 5.42.